The van der Waals surface area contributed by atoms with Crippen molar-refractivity contribution in [3.63, 3.8) is 0 Å². The molecule has 0 heterocycles. The van der Waals surface area contributed by atoms with E-state index in [4.69, 9.17) is 0 Å². The molecule has 4 aromatic carbocycles. The highest BCUT2D eigenvalue weighted by Gasteiger charge is 2.39. The van der Waals surface area contributed by atoms with Gasteiger partial charge in [-0.15, -0.1) is 0 Å². The van der Waals surface area contributed by atoms with Crippen LogP contribution in [0, 0.1) is 5.92 Å². The van der Waals surface area contributed by atoms with Crippen molar-refractivity contribution in [3.05, 3.63) is 148 Å². The third-order valence-corrected chi connectivity index (χ3v) is 12.3. The second-order valence-electron chi connectivity index (χ2n) is 10.6. The van der Waals surface area contributed by atoms with Crippen LogP contribution in [0.1, 0.15) is 44.7 Å². The average molecular weight is 495 g/mol. The van der Waals surface area contributed by atoms with E-state index in [1.54, 1.807) is 10.8 Å². The number of rotatable bonds is 5. The lowest BCUT2D eigenvalue weighted by atomic mass is 9.81. The molecule has 2 atom stereocenters. The molecule has 0 fully saturated rings. The summed E-state index contributed by atoms with van der Waals surface area (Å²) >= 11 is 0. The monoisotopic (exact) mass is 494 g/mol. The molecule has 182 valence electrons. The van der Waals surface area contributed by atoms with E-state index in [1.165, 1.54) is 49.3 Å². The van der Waals surface area contributed by atoms with Crippen LogP contribution in [0.2, 0.25) is 0 Å². The van der Waals surface area contributed by atoms with E-state index in [2.05, 4.69) is 143 Å². The average Bonchev–Trinajstić information content (AvgIpc) is 3.38. The van der Waals surface area contributed by atoms with E-state index in [9.17, 15) is 0 Å². The molecular weight excluding hydrogens is 460 g/mol. The minimum absolute atomic E-state index is 0.349. The lowest BCUT2D eigenvalue weighted by molar-refractivity contribution is 0.758. The lowest BCUT2D eigenvalue weighted by Crippen LogP contribution is -2.45. The zero-order valence-electron chi connectivity index (χ0n) is 22.2. The maximum absolute atomic E-state index is 2.48. The summed E-state index contributed by atoms with van der Waals surface area (Å²) < 4.78 is 0. The van der Waals surface area contributed by atoms with Gasteiger partial charge >= 0.3 is 0 Å². The molecule has 0 spiro atoms. The minimum atomic E-state index is -1.59. The van der Waals surface area contributed by atoms with Crippen LogP contribution in [-0.4, -0.2) is 8.80 Å². The first-order valence-corrected chi connectivity index (χ1v) is 15.2. The maximum Gasteiger partial charge on any atom is 0.129 e. The summed E-state index contributed by atoms with van der Waals surface area (Å²) in [5, 5.41) is 4.70. The number of hydrogen-bond acceptors (Lipinski definition) is 0. The second-order valence-corrected chi connectivity index (χ2v) is 13.5. The van der Waals surface area contributed by atoms with Gasteiger partial charge in [0.05, 0.1) is 0 Å². The molecule has 0 bridgehead atoms. The van der Waals surface area contributed by atoms with Crippen LogP contribution < -0.4 is 10.4 Å². The Balaban J connectivity index is 1.45. The molecule has 4 aromatic rings. The molecule has 2 aliphatic carbocycles. The van der Waals surface area contributed by atoms with Gasteiger partial charge in [-0.25, -0.2) is 0 Å². The molecule has 0 saturated heterocycles. The molecule has 37 heavy (non-hydrogen) atoms. The summed E-state index contributed by atoms with van der Waals surface area (Å²) in [6.45, 7) is 9.57. The lowest BCUT2D eigenvalue weighted by Gasteiger charge is -2.28. The number of hydrogen-bond donors (Lipinski definition) is 0. The van der Waals surface area contributed by atoms with E-state index in [1.807, 2.05) is 0 Å². The fraction of sp³-hybridized carbons (Fsp3) is 0.167. The molecule has 0 nitrogen and oxygen atoms in total. The van der Waals surface area contributed by atoms with Crippen molar-refractivity contribution in [2.24, 2.45) is 5.92 Å². The fourth-order valence-electron chi connectivity index (χ4n) is 6.86. The molecule has 2 aliphatic rings. The standard InChI is InChI=1S/C36H34Si/c1-24-23-33-31(28-15-8-5-9-16-28)21-14-22-32(33)34(24)35-25(2)26(3)36(27(35)4)37(29-17-10-6-11-18-29)30-19-12-7-13-20-30/h5-23,27,34,37H,1-4H3. The van der Waals surface area contributed by atoms with Gasteiger partial charge in [0.1, 0.15) is 8.80 Å². The molecule has 0 aromatic heterocycles. The van der Waals surface area contributed by atoms with Gasteiger partial charge in [0.15, 0.2) is 0 Å². The number of allylic oxidation sites excluding steroid dienone is 5. The molecule has 0 radical (unpaired) electrons. The molecule has 0 aliphatic heterocycles. The van der Waals surface area contributed by atoms with Crippen LogP contribution in [0.5, 0.6) is 0 Å². The quantitative estimate of drug-likeness (QED) is 0.249. The molecule has 1 heteroatoms. The summed E-state index contributed by atoms with van der Waals surface area (Å²) in [4.78, 5) is 0. The first-order valence-electron chi connectivity index (χ1n) is 13.4. The van der Waals surface area contributed by atoms with E-state index in [0.29, 0.717) is 11.8 Å². The van der Waals surface area contributed by atoms with Crippen molar-refractivity contribution in [3.8, 4) is 11.1 Å². The van der Waals surface area contributed by atoms with Crippen molar-refractivity contribution in [2.45, 2.75) is 33.6 Å². The SMILES string of the molecule is CC1=Cc2c(-c3ccccc3)cccc2C1C1=C(C)C(C)=C([SiH](c2ccccc2)c2ccccc2)C1C. The van der Waals surface area contributed by atoms with Crippen molar-refractivity contribution in [2.75, 3.05) is 0 Å². The zero-order chi connectivity index (χ0) is 25.5. The van der Waals surface area contributed by atoms with Crippen molar-refractivity contribution in [1.82, 2.24) is 0 Å². The first-order chi connectivity index (χ1) is 18.1. The summed E-state index contributed by atoms with van der Waals surface area (Å²) in [6, 6.07) is 40.3. The molecular formula is C36H34Si. The summed E-state index contributed by atoms with van der Waals surface area (Å²) in [7, 11) is -1.59. The van der Waals surface area contributed by atoms with Crippen LogP contribution in [0.15, 0.2) is 137 Å². The smallest absolute Gasteiger partial charge is 0.0643 e. The van der Waals surface area contributed by atoms with E-state index >= 15 is 0 Å². The largest absolute Gasteiger partial charge is 0.129 e. The Kier molecular flexibility index (Phi) is 6.18. The second kappa shape index (κ2) is 9.65. The third kappa shape index (κ3) is 3.99. The third-order valence-electron chi connectivity index (χ3n) is 8.61. The van der Waals surface area contributed by atoms with Crippen LogP contribution in [0.4, 0.5) is 0 Å². The van der Waals surface area contributed by atoms with E-state index in [-0.39, 0.29) is 0 Å². The van der Waals surface area contributed by atoms with E-state index < -0.39 is 8.80 Å². The topological polar surface area (TPSA) is 0 Å². The Morgan fingerprint density at radius 1 is 0.595 bits per heavy atom. The molecule has 0 N–H and O–H groups in total. The van der Waals surface area contributed by atoms with Crippen molar-refractivity contribution < 1.29 is 0 Å². The predicted octanol–water partition coefficient (Wildman–Crippen LogP) is 7.72. The van der Waals surface area contributed by atoms with Gasteiger partial charge in [-0.3, -0.25) is 0 Å². The highest BCUT2D eigenvalue weighted by atomic mass is 28.3. The Morgan fingerprint density at radius 3 is 1.76 bits per heavy atom. The Bertz CT molecular complexity index is 1500. The molecule has 0 saturated carbocycles. The van der Waals surface area contributed by atoms with Gasteiger partial charge in [-0.2, -0.15) is 0 Å². The normalized spacial score (nSPS) is 19.0. The van der Waals surface area contributed by atoms with Crippen LogP contribution in [0.25, 0.3) is 17.2 Å². The number of benzene rings is 4. The van der Waals surface area contributed by atoms with Crippen LogP contribution in [-0.2, 0) is 0 Å². The highest BCUT2D eigenvalue weighted by Crippen LogP contribution is 2.52. The summed E-state index contributed by atoms with van der Waals surface area (Å²) in [5.41, 5.74) is 11.6. The zero-order valence-corrected chi connectivity index (χ0v) is 23.4. The van der Waals surface area contributed by atoms with Crippen LogP contribution >= 0.6 is 0 Å². The fourth-order valence-corrected chi connectivity index (χ4v) is 10.5. The van der Waals surface area contributed by atoms with Gasteiger partial charge < -0.3 is 0 Å². The van der Waals surface area contributed by atoms with Gasteiger partial charge in [-0.1, -0.05) is 149 Å². The first kappa shape index (κ1) is 23.7. The Hall–Kier alpha value is -3.68. The number of fused-ring (bicyclic) bond motifs is 1. The van der Waals surface area contributed by atoms with Gasteiger partial charge in [-0.05, 0) is 60.1 Å². The van der Waals surface area contributed by atoms with Crippen molar-refractivity contribution >= 4 is 25.2 Å². The highest BCUT2D eigenvalue weighted by molar-refractivity contribution is 6.91. The summed E-state index contributed by atoms with van der Waals surface area (Å²) in [6.07, 6.45) is 2.45. The molecule has 0 amide bonds. The Labute approximate surface area is 223 Å². The maximum atomic E-state index is 2.48. The van der Waals surface area contributed by atoms with Crippen molar-refractivity contribution in [1.29, 1.82) is 0 Å². The summed E-state index contributed by atoms with van der Waals surface area (Å²) in [5.74, 6) is 0.777. The molecule has 6 rings (SSSR count). The minimum Gasteiger partial charge on any atom is -0.0643 e. The predicted molar refractivity (Wildman–Crippen MR) is 162 cm³/mol. The van der Waals surface area contributed by atoms with E-state index in [0.717, 1.165) is 0 Å². The van der Waals surface area contributed by atoms with Gasteiger partial charge in [0.2, 0.25) is 0 Å². The molecule has 2 unspecified atom stereocenters. The Morgan fingerprint density at radius 2 is 1.16 bits per heavy atom. The van der Waals surface area contributed by atoms with Gasteiger partial charge in [0.25, 0.3) is 0 Å². The van der Waals surface area contributed by atoms with Crippen LogP contribution in [0.3, 0.4) is 0 Å². The van der Waals surface area contributed by atoms with Gasteiger partial charge in [0, 0.05) is 5.92 Å².